The summed E-state index contributed by atoms with van der Waals surface area (Å²) in [7, 11) is 1.74. The van der Waals surface area contributed by atoms with E-state index in [1.54, 1.807) is 36.2 Å². The van der Waals surface area contributed by atoms with Gasteiger partial charge in [-0.2, -0.15) is 0 Å². The molecule has 0 unspecified atom stereocenters. The predicted molar refractivity (Wildman–Crippen MR) is 79.3 cm³/mol. The van der Waals surface area contributed by atoms with Gasteiger partial charge >= 0.3 is 6.03 Å². The van der Waals surface area contributed by atoms with Crippen molar-refractivity contribution in [3.8, 4) is 0 Å². The van der Waals surface area contributed by atoms with Gasteiger partial charge in [0.2, 0.25) is 5.91 Å². The Kier molecular flexibility index (Phi) is 4.57. The zero-order chi connectivity index (χ0) is 15.4. The van der Waals surface area contributed by atoms with E-state index in [0.717, 1.165) is 6.42 Å². The molecule has 0 saturated carbocycles. The molecular formula is C15H19N3O3. The van der Waals surface area contributed by atoms with Gasteiger partial charge in [-0.05, 0) is 25.5 Å². The van der Waals surface area contributed by atoms with Crippen molar-refractivity contribution in [3.63, 3.8) is 0 Å². The molecule has 6 nitrogen and oxygen atoms in total. The molecule has 0 radical (unpaired) electrons. The number of amides is 3. The molecular weight excluding hydrogens is 270 g/mol. The summed E-state index contributed by atoms with van der Waals surface area (Å²) in [4.78, 5) is 38.5. The Labute approximate surface area is 123 Å². The van der Waals surface area contributed by atoms with Crippen LogP contribution in [-0.2, 0) is 4.79 Å². The number of nitrogens with zero attached hydrogens (tertiary/aromatic N) is 2. The van der Waals surface area contributed by atoms with Gasteiger partial charge in [0.05, 0.1) is 0 Å². The van der Waals surface area contributed by atoms with Crippen LogP contribution in [0.1, 0.15) is 23.7 Å². The molecule has 0 aromatic heterocycles. The number of urea groups is 1. The molecule has 1 aliphatic heterocycles. The van der Waals surface area contributed by atoms with E-state index < -0.39 is 0 Å². The highest BCUT2D eigenvalue weighted by Crippen LogP contribution is 2.13. The molecule has 0 spiro atoms. The SMILES string of the molecule is CC(=O)c1cccc(NC(=O)N2CCCN(C)C(=O)C2)c1. The quantitative estimate of drug-likeness (QED) is 0.840. The highest BCUT2D eigenvalue weighted by molar-refractivity contribution is 5.97. The first kappa shape index (κ1) is 15.0. The molecule has 1 saturated heterocycles. The van der Waals surface area contributed by atoms with Crippen molar-refractivity contribution in [2.75, 3.05) is 32.0 Å². The molecule has 1 N–H and O–H groups in total. The Bertz CT molecular complexity index is 571. The Balaban J connectivity index is 2.05. The lowest BCUT2D eigenvalue weighted by Crippen LogP contribution is -2.40. The second-order valence-corrected chi connectivity index (χ2v) is 5.16. The van der Waals surface area contributed by atoms with Gasteiger partial charge in [0.1, 0.15) is 6.54 Å². The van der Waals surface area contributed by atoms with Crippen LogP contribution in [0, 0.1) is 0 Å². The van der Waals surface area contributed by atoms with E-state index in [9.17, 15) is 14.4 Å². The molecule has 1 aromatic rings. The number of anilines is 1. The number of nitrogens with one attached hydrogen (secondary N) is 1. The molecule has 0 aliphatic carbocycles. The summed E-state index contributed by atoms with van der Waals surface area (Å²) < 4.78 is 0. The molecule has 1 aliphatic rings. The van der Waals surface area contributed by atoms with Gasteiger partial charge in [-0.25, -0.2) is 4.79 Å². The van der Waals surface area contributed by atoms with Crippen molar-refractivity contribution in [2.45, 2.75) is 13.3 Å². The highest BCUT2D eigenvalue weighted by Gasteiger charge is 2.22. The summed E-state index contributed by atoms with van der Waals surface area (Å²) in [5.41, 5.74) is 1.09. The van der Waals surface area contributed by atoms with Crippen molar-refractivity contribution >= 4 is 23.4 Å². The minimum Gasteiger partial charge on any atom is -0.344 e. The number of likely N-dealkylation sites (N-methyl/N-ethyl adjacent to an activating group) is 1. The molecule has 112 valence electrons. The van der Waals surface area contributed by atoms with Gasteiger partial charge in [-0.3, -0.25) is 9.59 Å². The van der Waals surface area contributed by atoms with Crippen molar-refractivity contribution in [1.82, 2.24) is 9.80 Å². The first-order valence-electron chi connectivity index (χ1n) is 6.88. The summed E-state index contributed by atoms with van der Waals surface area (Å²) in [5, 5.41) is 2.73. The van der Waals surface area contributed by atoms with Crippen LogP contribution in [0.2, 0.25) is 0 Å². The van der Waals surface area contributed by atoms with Crippen molar-refractivity contribution < 1.29 is 14.4 Å². The Morgan fingerprint density at radius 2 is 2.00 bits per heavy atom. The van der Waals surface area contributed by atoms with Crippen molar-refractivity contribution in [3.05, 3.63) is 29.8 Å². The fraction of sp³-hybridized carbons (Fsp3) is 0.400. The second kappa shape index (κ2) is 6.39. The molecule has 1 heterocycles. The molecule has 1 fully saturated rings. The van der Waals surface area contributed by atoms with Crippen molar-refractivity contribution in [1.29, 1.82) is 0 Å². The van der Waals surface area contributed by atoms with Crippen LogP contribution in [0.5, 0.6) is 0 Å². The first-order chi connectivity index (χ1) is 9.97. The lowest BCUT2D eigenvalue weighted by Gasteiger charge is -2.20. The number of hydrogen-bond donors (Lipinski definition) is 1. The van der Waals surface area contributed by atoms with Gasteiger partial charge in [-0.1, -0.05) is 12.1 Å². The fourth-order valence-corrected chi connectivity index (χ4v) is 2.18. The zero-order valence-corrected chi connectivity index (χ0v) is 12.3. The highest BCUT2D eigenvalue weighted by atomic mass is 16.2. The van der Waals surface area contributed by atoms with Crippen LogP contribution < -0.4 is 5.32 Å². The number of ketones is 1. The number of carbonyl (C=O) groups is 3. The maximum absolute atomic E-state index is 12.2. The summed E-state index contributed by atoms with van der Waals surface area (Å²) in [6.07, 6.45) is 0.753. The van der Waals surface area contributed by atoms with E-state index in [2.05, 4.69) is 5.32 Å². The summed E-state index contributed by atoms with van der Waals surface area (Å²) >= 11 is 0. The Hall–Kier alpha value is -2.37. The number of benzene rings is 1. The third kappa shape index (κ3) is 3.81. The minimum atomic E-state index is -0.320. The van der Waals surface area contributed by atoms with Gasteiger partial charge in [0.15, 0.2) is 5.78 Å². The molecule has 2 rings (SSSR count). The zero-order valence-electron chi connectivity index (χ0n) is 12.3. The van der Waals surface area contributed by atoms with Crippen molar-refractivity contribution in [2.24, 2.45) is 0 Å². The first-order valence-corrected chi connectivity index (χ1v) is 6.88. The lowest BCUT2D eigenvalue weighted by molar-refractivity contribution is -0.129. The predicted octanol–water partition coefficient (Wildman–Crippen LogP) is 1.59. The van der Waals surface area contributed by atoms with Crippen LogP contribution in [0.15, 0.2) is 24.3 Å². The topological polar surface area (TPSA) is 69.7 Å². The third-order valence-corrected chi connectivity index (χ3v) is 3.48. The molecule has 21 heavy (non-hydrogen) atoms. The second-order valence-electron chi connectivity index (χ2n) is 5.16. The van der Waals surface area contributed by atoms with E-state index in [1.165, 1.54) is 11.8 Å². The van der Waals surface area contributed by atoms with E-state index in [-0.39, 0.29) is 24.3 Å². The fourth-order valence-electron chi connectivity index (χ4n) is 2.18. The standard InChI is InChI=1S/C15H19N3O3/c1-11(19)12-5-3-6-13(9-12)16-15(21)18-8-4-7-17(2)14(20)10-18/h3,5-6,9H,4,7-8,10H2,1-2H3,(H,16,21). The van der Waals surface area contributed by atoms with E-state index in [4.69, 9.17) is 0 Å². The number of carbonyl (C=O) groups excluding carboxylic acids is 3. The van der Waals surface area contributed by atoms with Crippen LogP contribution in [0.4, 0.5) is 10.5 Å². The number of hydrogen-bond acceptors (Lipinski definition) is 3. The minimum absolute atomic E-state index is 0.0577. The molecule has 3 amide bonds. The van der Waals surface area contributed by atoms with Gasteiger partial charge in [-0.15, -0.1) is 0 Å². The van der Waals surface area contributed by atoms with Crippen LogP contribution in [0.3, 0.4) is 0 Å². The maximum atomic E-state index is 12.2. The van der Waals surface area contributed by atoms with Crippen LogP contribution in [0.25, 0.3) is 0 Å². The molecule has 0 bridgehead atoms. The lowest BCUT2D eigenvalue weighted by atomic mass is 10.1. The van der Waals surface area contributed by atoms with E-state index in [0.29, 0.717) is 24.3 Å². The average molecular weight is 289 g/mol. The Morgan fingerprint density at radius 3 is 2.71 bits per heavy atom. The van der Waals surface area contributed by atoms with Crippen LogP contribution >= 0.6 is 0 Å². The van der Waals surface area contributed by atoms with Gasteiger partial charge < -0.3 is 15.1 Å². The van der Waals surface area contributed by atoms with E-state index >= 15 is 0 Å². The Morgan fingerprint density at radius 1 is 1.24 bits per heavy atom. The third-order valence-electron chi connectivity index (χ3n) is 3.48. The number of rotatable bonds is 2. The summed E-state index contributed by atoms with van der Waals surface area (Å²) in [6.45, 7) is 2.75. The average Bonchev–Trinajstić information content (AvgIpc) is 2.61. The van der Waals surface area contributed by atoms with E-state index in [1.807, 2.05) is 0 Å². The van der Waals surface area contributed by atoms with Gasteiger partial charge in [0, 0.05) is 31.4 Å². The largest absolute Gasteiger partial charge is 0.344 e. The molecule has 0 atom stereocenters. The molecule has 1 aromatic carbocycles. The molecule has 6 heteroatoms. The normalized spacial score (nSPS) is 15.6. The monoisotopic (exact) mass is 289 g/mol. The maximum Gasteiger partial charge on any atom is 0.322 e. The van der Waals surface area contributed by atoms with Crippen LogP contribution in [-0.4, -0.2) is 54.2 Å². The summed E-state index contributed by atoms with van der Waals surface area (Å²) in [5.74, 6) is -0.127. The number of Topliss-reactive ketones (excluding diaryl/α,β-unsaturated/α-hetero) is 1. The summed E-state index contributed by atoms with van der Waals surface area (Å²) in [6, 6.07) is 6.44. The van der Waals surface area contributed by atoms with Gasteiger partial charge in [0.25, 0.3) is 0 Å². The smallest absolute Gasteiger partial charge is 0.322 e.